The van der Waals surface area contributed by atoms with E-state index in [-0.39, 0.29) is 29.8 Å². The highest BCUT2D eigenvalue weighted by Crippen LogP contribution is 2.29. The number of carbonyl (C=O) groups is 4. The number of carbonyl (C=O) groups excluding carboxylic acids is 4. The molecule has 8 heteroatoms. The van der Waals surface area contributed by atoms with Gasteiger partial charge in [-0.3, -0.25) is 19.2 Å². The minimum Gasteiger partial charge on any atom is -0.465 e. The molecule has 8 nitrogen and oxygen atoms in total. The van der Waals surface area contributed by atoms with E-state index in [1.165, 1.54) is 0 Å². The molecule has 3 atom stereocenters. The van der Waals surface area contributed by atoms with Gasteiger partial charge in [-0.25, -0.2) is 0 Å². The van der Waals surface area contributed by atoms with E-state index in [1.807, 2.05) is 13.8 Å². The smallest absolute Gasteiger partial charge is 0.315 e. The number of nitrogens with one attached hydrogen (secondary N) is 2. The Morgan fingerprint density at radius 2 is 1.88 bits per heavy atom. The minimum atomic E-state index is -0.817. The normalized spacial score (nSPS) is 19.7. The monoisotopic (exact) mass is 452 g/mol. The van der Waals surface area contributed by atoms with Gasteiger partial charge in [0, 0.05) is 12.8 Å². The van der Waals surface area contributed by atoms with Gasteiger partial charge in [0.1, 0.15) is 5.92 Å². The van der Waals surface area contributed by atoms with Crippen molar-refractivity contribution < 1.29 is 28.7 Å². The summed E-state index contributed by atoms with van der Waals surface area (Å²) in [5.41, 5.74) is -0.773. The lowest BCUT2D eigenvalue weighted by molar-refractivity contribution is -0.146. The molecule has 1 rings (SSSR count). The number of ether oxygens (including phenoxy) is 2. The lowest BCUT2D eigenvalue weighted by Crippen LogP contribution is -2.48. The van der Waals surface area contributed by atoms with Gasteiger partial charge < -0.3 is 20.2 Å². The molecule has 1 aliphatic heterocycles. The van der Waals surface area contributed by atoms with Gasteiger partial charge in [0.2, 0.25) is 0 Å². The van der Waals surface area contributed by atoms with E-state index in [0.29, 0.717) is 51.6 Å². The fourth-order valence-corrected chi connectivity index (χ4v) is 4.06. The molecule has 1 fully saturated rings. The average molecular weight is 453 g/mol. The maximum Gasteiger partial charge on any atom is 0.315 e. The zero-order valence-electron chi connectivity index (χ0n) is 19.9. The fourth-order valence-electron chi connectivity index (χ4n) is 4.06. The van der Waals surface area contributed by atoms with Gasteiger partial charge in [-0.1, -0.05) is 20.3 Å². The summed E-state index contributed by atoms with van der Waals surface area (Å²) in [6.45, 7) is 7.10. The maximum absolute atomic E-state index is 12.9. The SMILES string of the molecule is CCCCOC(=O)[C@H](CC)C(=N)C(=O)CCCCC(=O)[C@]1(CCC(C)OC=O)CCCN1. The summed E-state index contributed by atoms with van der Waals surface area (Å²) in [7, 11) is 0. The van der Waals surface area contributed by atoms with Crippen molar-refractivity contribution in [3.63, 3.8) is 0 Å². The van der Waals surface area contributed by atoms with E-state index >= 15 is 0 Å². The van der Waals surface area contributed by atoms with Crippen LogP contribution in [-0.2, 0) is 28.7 Å². The van der Waals surface area contributed by atoms with Crippen LogP contribution in [0.5, 0.6) is 0 Å². The molecule has 1 saturated heterocycles. The third kappa shape index (κ3) is 8.81. The largest absolute Gasteiger partial charge is 0.465 e. The number of hydrogen-bond acceptors (Lipinski definition) is 8. The van der Waals surface area contributed by atoms with E-state index in [0.717, 1.165) is 32.2 Å². The molecular formula is C24H40N2O6. The first-order chi connectivity index (χ1) is 15.3. The standard InChI is InChI=1S/C24H40N2O6/c1-4-6-16-31-23(30)19(5-2)22(25)20(28)10-7-8-11-21(29)24(13-9-15-26-24)14-12-18(3)32-17-27/h17-19,25-26H,4-16H2,1-3H3/t18?,19-,24-/m1/s1. The lowest BCUT2D eigenvalue weighted by atomic mass is 9.83. The molecule has 1 heterocycles. The summed E-state index contributed by atoms with van der Waals surface area (Å²) in [5, 5.41) is 11.5. The van der Waals surface area contributed by atoms with Crippen molar-refractivity contribution in [1.29, 1.82) is 5.41 Å². The maximum atomic E-state index is 12.9. The summed E-state index contributed by atoms with van der Waals surface area (Å²) in [4.78, 5) is 48.0. The summed E-state index contributed by atoms with van der Waals surface area (Å²) in [5.74, 6) is -1.55. The van der Waals surface area contributed by atoms with E-state index in [1.54, 1.807) is 6.92 Å². The molecule has 0 bridgehead atoms. The van der Waals surface area contributed by atoms with Crippen molar-refractivity contribution in [1.82, 2.24) is 5.32 Å². The molecule has 32 heavy (non-hydrogen) atoms. The number of unbranched alkanes of at least 4 members (excludes halogenated alkanes) is 2. The van der Waals surface area contributed by atoms with E-state index < -0.39 is 17.4 Å². The van der Waals surface area contributed by atoms with Gasteiger partial charge in [-0.15, -0.1) is 0 Å². The molecule has 1 aliphatic rings. The summed E-state index contributed by atoms with van der Waals surface area (Å²) in [6.07, 6.45) is 6.26. The van der Waals surface area contributed by atoms with Crippen LogP contribution in [0.2, 0.25) is 0 Å². The highest BCUT2D eigenvalue weighted by molar-refractivity contribution is 6.42. The molecular weight excluding hydrogens is 412 g/mol. The Hall–Kier alpha value is -2.09. The first-order valence-electron chi connectivity index (χ1n) is 12.0. The molecule has 0 aromatic carbocycles. The van der Waals surface area contributed by atoms with Gasteiger partial charge in [0.05, 0.1) is 24.0 Å². The van der Waals surface area contributed by atoms with Crippen molar-refractivity contribution in [2.24, 2.45) is 5.92 Å². The second-order valence-electron chi connectivity index (χ2n) is 8.64. The Kier molecular flexibility index (Phi) is 13.0. The topological polar surface area (TPSA) is 123 Å². The summed E-state index contributed by atoms with van der Waals surface area (Å²) >= 11 is 0. The second kappa shape index (κ2) is 14.9. The van der Waals surface area contributed by atoms with Gasteiger partial charge in [0.25, 0.3) is 6.47 Å². The number of hydrogen-bond donors (Lipinski definition) is 2. The Bertz CT molecular complexity index is 642. The first kappa shape index (κ1) is 27.9. The summed E-state index contributed by atoms with van der Waals surface area (Å²) < 4.78 is 10.1. The quantitative estimate of drug-likeness (QED) is 0.141. The van der Waals surface area contributed by atoms with E-state index in [4.69, 9.17) is 14.9 Å². The highest BCUT2D eigenvalue weighted by Gasteiger charge is 2.39. The number of esters is 1. The van der Waals surface area contributed by atoms with Gasteiger partial charge in [-0.05, 0) is 64.8 Å². The molecule has 0 spiro atoms. The van der Waals surface area contributed by atoms with Crippen LogP contribution in [0, 0.1) is 11.3 Å². The van der Waals surface area contributed by atoms with Crippen molar-refractivity contribution >= 4 is 29.7 Å². The zero-order chi connectivity index (χ0) is 24.0. The predicted octanol–water partition coefficient (Wildman–Crippen LogP) is 3.54. The van der Waals surface area contributed by atoms with Crippen LogP contribution in [0.3, 0.4) is 0 Å². The predicted molar refractivity (Wildman–Crippen MR) is 122 cm³/mol. The molecule has 0 amide bonds. The van der Waals surface area contributed by atoms with Crippen LogP contribution in [-0.4, -0.2) is 54.5 Å². The van der Waals surface area contributed by atoms with Gasteiger partial charge in [-0.2, -0.15) is 0 Å². The van der Waals surface area contributed by atoms with Crippen LogP contribution < -0.4 is 5.32 Å². The summed E-state index contributed by atoms with van der Waals surface area (Å²) in [6, 6.07) is 0. The molecule has 1 unspecified atom stereocenters. The fraction of sp³-hybridized carbons (Fsp3) is 0.792. The van der Waals surface area contributed by atoms with Crippen molar-refractivity contribution in [2.45, 2.75) is 103 Å². The van der Waals surface area contributed by atoms with Crippen LogP contribution in [0.4, 0.5) is 0 Å². The Labute approximate surface area is 191 Å². The van der Waals surface area contributed by atoms with Crippen LogP contribution in [0.1, 0.15) is 91.4 Å². The Balaban J connectivity index is 2.46. The third-order valence-corrected chi connectivity index (χ3v) is 6.18. The highest BCUT2D eigenvalue weighted by atomic mass is 16.5. The van der Waals surface area contributed by atoms with Gasteiger partial charge in [0.15, 0.2) is 11.6 Å². The van der Waals surface area contributed by atoms with E-state index in [2.05, 4.69) is 5.32 Å². The molecule has 0 aromatic rings. The molecule has 182 valence electrons. The first-order valence-corrected chi connectivity index (χ1v) is 12.0. The van der Waals surface area contributed by atoms with Crippen LogP contribution >= 0.6 is 0 Å². The second-order valence-corrected chi connectivity index (χ2v) is 8.64. The van der Waals surface area contributed by atoms with Crippen LogP contribution in [0.15, 0.2) is 0 Å². The molecule has 0 saturated carbocycles. The average Bonchev–Trinajstić information content (AvgIpc) is 3.26. The van der Waals surface area contributed by atoms with Crippen molar-refractivity contribution in [2.75, 3.05) is 13.2 Å². The Morgan fingerprint density at radius 3 is 2.47 bits per heavy atom. The van der Waals surface area contributed by atoms with E-state index in [9.17, 15) is 19.2 Å². The minimum absolute atomic E-state index is 0.127. The number of rotatable bonds is 18. The lowest BCUT2D eigenvalue weighted by Gasteiger charge is -2.29. The Morgan fingerprint density at radius 1 is 1.16 bits per heavy atom. The molecule has 0 aliphatic carbocycles. The molecule has 0 radical (unpaired) electrons. The third-order valence-electron chi connectivity index (χ3n) is 6.18. The zero-order valence-corrected chi connectivity index (χ0v) is 19.9. The van der Waals surface area contributed by atoms with Crippen molar-refractivity contribution in [3.05, 3.63) is 0 Å². The van der Waals surface area contributed by atoms with Crippen molar-refractivity contribution in [3.8, 4) is 0 Å². The number of Topliss-reactive ketones (excluding diaryl/α,β-unsaturated/α-hetero) is 2. The molecule has 2 N–H and O–H groups in total. The van der Waals surface area contributed by atoms with Gasteiger partial charge >= 0.3 is 5.97 Å². The van der Waals surface area contributed by atoms with Crippen LogP contribution in [0.25, 0.3) is 0 Å². The number of ketones is 2. The molecule has 0 aromatic heterocycles.